The number of hydrogen-bond donors (Lipinski definition) is 1. The molecule has 0 saturated heterocycles. The van der Waals surface area contributed by atoms with E-state index in [0.717, 1.165) is 17.3 Å². The monoisotopic (exact) mass is 213 g/mol. The van der Waals surface area contributed by atoms with Crippen molar-refractivity contribution in [3.05, 3.63) is 0 Å². The van der Waals surface area contributed by atoms with Gasteiger partial charge in [-0.3, -0.25) is 0 Å². The van der Waals surface area contributed by atoms with Crippen molar-refractivity contribution < 1.29 is 0 Å². The molecule has 0 aromatic rings. The van der Waals surface area contributed by atoms with Crippen LogP contribution in [0.4, 0.5) is 0 Å². The largest absolute Gasteiger partial charge is 0.310 e. The molecule has 0 heterocycles. The zero-order chi connectivity index (χ0) is 10.2. The molecular weight excluding hydrogens is 190 g/mol. The van der Waals surface area contributed by atoms with E-state index in [9.17, 15) is 0 Å². The van der Waals surface area contributed by atoms with Crippen LogP contribution in [0.15, 0.2) is 0 Å². The van der Waals surface area contributed by atoms with Gasteiger partial charge in [0.2, 0.25) is 0 Å². The minimum absolute atomic E-state index is 0.631. The quantitative estimate of drug-likeness (QED) is 0.770. The fourth-order valence-corrected chi connectivity index (χ4v) is 3.50. The Bertz CT molecular complexity index is 200. The summed E-state index contributed by atoms with van der Waals surface area (Å²) < 4.78 is 0. The minimum atomic E-state index is 0.631. The Morgan fingerprint density at radius 3 is 2.64 bits per heavy atom. The Labute approximate surface area is 92.4 Å². The van der Waals surface area contributed by atoms with Crippen molar-refractivity contribution in [2.75, 3.05) is 6.26 Å². The summed E-state index contributed by atoms with van der Waals surface area (Å²) in [4.78, 5) is 0. The zero-order valence-electron chi connectivity index (χ0n) is 9.68. The lowest BCUT2D eigenvalue weighted by molar-refractivity contribution is 0.342. The predicted molar refractivity (Wildman–Crippen MR) is 64.9 cm³/mol. The third-order valence-electron chi connectivity index (χ3n) is 4.30. The Hall–Kier alpha value is 0.310. The van der Waals surface area contributed by atoms with Crippen LogP contribution < -0.4 is 5.32 Å². The van der Waals surface area contributed by atoms with Crippen LogP contribution >= 0.6 is 11.8 Å². The van der Waals surface area contributed by atoms with Crippen molar-refractivity contribution in [1.82, 2.24) is 5.32 Å². The minimum Gasteiger partial charge on any atom is -0.310 e. The molecule has 0 aliphatic heterocycles. The molecule has 1 nitrogen and oxygen atoms in total. The Morgan fingerprint density at radius 2 is 2.07 bits per heavy atom. The fourth-order valence-electron chi connectivity index (χ4n) is 2.55. The highest BCUT2D eigenvalue weighted by molar-refractivity contribution is 7.99. The second-order valence-electron chi connectivity index (χ2n) is 5.35. The summed E-state index contributed by atoms with van der Waals surface area (Å²) in [5.74, 6) is 0. The first-order chi connectivity index (χ1) is 6.65. The molecule has 14 heavy (non-hydrogen) atoms. The third-order valence-corrected chi connectivity index (χ3v) is 5.47. The Morgan fingerprint density at radius 1 is 1.36 bits per heavy atom. The van der Waals surface area contributed by atoms with Gasteiger partial charge >= 0.3 is 0 Å². The Balaban J connectivity index is 1.84. The summed E-state index contributed by atoms with van der Waals surface area (Å²) in [6.45, 7) is 4.80. The van der Waals surface area contributed by atoms with Crippen molar-refractivity contribution in [1.29, 1.82) is 0 Å². The second-order valence-corrected chi connectivity index (χ2v) is 6.43. The first-order valence-corrected chi connectivity index (χ1v) is 7.23. The van der Waals surface area contributed by atoms with Crippen LogP contribution in [0.2, 0.25) is 0 Å². The van der Waals surface area contributed by atoms with Crippen molar-refractivity contribution >= 4 is 11.8 Å². The van der Waals surface area contributed by atoms with E-state index in [0.29, 0.717) is 5.41 Å². The molecule has 0 bridgehead atoms. The SMILES string of the molecule is CSC1CCCC1NC(C)C1(C)CC1. The molecule has 2 aliphatic rings. The lowest BCUT2D eigenvalue weighted by Gasteiger charge is -2.27. The molecule has 0 radical (unpaired) electrons. The van der Waals surface area contributed by atoms with Crippen molar-refractivity contribution in [3.63, 3.8) is 0 Å². The van der Waals surface area contributed by atoms with Gasteiger partial charge in [-0.05, 0) is 44.3 Å². The highest BCUT2D eigenvalue weighted by Gasteiger charge is 2.43. The molecule has 3 unspecified atom stereocenters. The second kappa shape index (κ2) is 4.05. The standard InChI is InChI=1S/C12H23NS/c1-9(12(2)7-8-12)13-10-5-4-6-11(10)14-3/h9-11,13H,4-8H2,1-3H3. The van der Waals surface area contributed by atoms with Crippen LogP contribution in [0.25, 0.3) is 0 Å². The van der Waals surface area contributed by atoms with Crippen LogP contribution in [0.3, 0.4) is 0 Å². The average molecular weight is 213 g/mol. The van der Waals surface area contributed by atoms with Gasteiger partial charge in [-0.2, -0.15) is 11.8 Å². The topological polar surface area (TPSA) is 12.0 Å². The van der Waals surface area contributed by atoms with Gasteiger partial charge in [-0.25, -0.2) is 0 Å². The molecule has 1 N–H and O–H groups in total. The van der Waals surface area contributed by atoms with E-state index in [4.69, 9.17) is 0 Å². The number of rotatable bonds is 4. The van der Waals surface area contributed by atoms with Crippen molar-refractivity contribution in [2.24, 2.45) is 5.41 Å². The van der Waals surface area contributed by atoms with Crippen LogP contribution in [-0.2, 0) is 0 Å². The molecule has 0 spiro atoms. The highest BCUT2D eigenvalue weighted by Crippen LogP contribution is 2.48. The first kappa shape index (κ1) is 10.8. The van der Waals surface area contributed by atoms with Gasteiger partial charge in [0.25, 0.3) is 0 Å². The van der Waals surface area contributed by atoms with Crippen LogP contribution in [-0.4, -0.2) is 23.6 Å². The maximum absolute atomic E-state index is 3.86. The summed E-state index contributed by atoms with van der Waals surface area (Å²) in [6.07, 6.45) is 9.35. The van der Waals surface area contributed by atoms with Gasteiger partial charge in [-0.15, -0.1) is 0 Å². The maximum atomic E-state index is 3.86. The molecule has 2 saturated carbocycles. The molecule has 3 atom stereocenters. The summed E-state index contributed by atoms with van der Waals surface area (Å²) in [5.41, 5.74) is 0.631. The Kier molecular flexibility index (Phi) is 3.13. The smallest absolute Gasteiger partial charge is 0.0198 e. The average Bonchev–Trinajstić information content (AvgIpc) is 2.78. The number of hydrogen-bond acceptors (Lipinski definition) is 2. The molecule has 0 aromatic heterocycles. The van der Waals surface area contributed by atoms with Gasteiger partial charge in [0.05, 0.1) is 0 Å². The summed E-state index contributed by atoms with van der Waals surface area (Å²) in [7, 11) is 0. The number of nitrogens with one attached hydrogen (secondary N) is 1. The molecule has 82 valence electrons. The van der Waals surface area contributed by atoms with E-state index in [1.807, 2.05) is 0 Å². The molecule has 2 heteroatoms. The van der Waals surface area contributed by atoms with Crippen LogP contribution in [0, 0.1) is 5.41 Å². The molecule has 0 aromatic carbocycles. The summed E-state index contributed by atoms with van der Waals surface area (Å²) in [5, 5.41) is 4.74. The van der Waals surface area contributed by atoms with Gasteiger partial charge in [0.1, 0.15) is 0 Å². The fraction of sp³-hybridized carbons (Fsp3) is 1.00. The van der Waals surface area contributed by atoms with E-state index in [1.165, 1.54) is 32.1 Å². The van der Waals surface area contributed by atoms with Crippen molar-refractivity contribution in [3.8, 4) is 0 Å². The molecular formula is C12H23NS. The van der Waals surface area contributed by atoms with E-state index in [1.54, 1.807) is 0 Å². The van der Waals surface area contributed by atoms with Gasteiger partial charge in [0, 0.05) is 17.3 Å². The van der Waals surface area contributed by atoms with Gasteiger partial charge < -0.3 is 5.32 Å². The molecule has 2 fully saturated rings. The van der Waals surface area contributed by atoms with E-state index in [-0.39, 0.29) is 0 Å². The highest BCUT2D eigenvalue weighted by atomic mass is 32.2. The summed E-state index contributed by atoms with van der Waals surface area (Å²) >= 11 is 2.05. The third kappa shape index (κ3) is 2.11. The molecule has 0 amide bonds. The van der Waals surface area contributed by atoms with Crippen LogP contribution in [0.5, 0.6) is 0 Å². The summed E-state index contributed by atoms with van der Waals surface area (Å²) in [6, 6.07) is 1.51. The predicted octanol–water partition coefficient (Wildman–Crippen LogP) is 3.05. The first-order valence-electron chi connectivity index (χ1n) is 5.94. The lowest BCUT2D eigenvalue weighted by atomic mass is 9.99. The number of thioether (sulfide) groups is 1. The normalized spacial score (nSPS) is 37.1. The molecule has 2 aliphatic carbocycles. The zero-order valence-corrected chi connectivity index (χ0v) is 10.5. The van der Waals surface area contributed by atoms with Crippen LogP contribution in [0.1, 0.15) is 46.0 Å². The van der Waals surface area contributed by atoms with Crippen molar-refractivity contribution in [2.45, 2.75) is 63.3 Å². The van der Waals surface area contributed by atoms with E-state index in [2.05, 4.69) is 37.2 Å². The maximum Gasteiger partial charge on any atom is 0.0198 e. The van der Waals surface area contributed by atoms with E-state index >= 15 is 0 Å². The molecule has 2 rings (SSSR count). The lowest BCUT2D eigenvalue weighted by Crippen LogP contribution is -2.43. The van der Waals surface area contributed by atoms with E-state index < -0.39 is 0 Å². The van der Waals surface area contributed by atoms with Gasteiger partial charge in [-0.1, -0.05) is 13.3 Å². The van der Waals surface area contributed by atoms with Gasteiger partial charge in [0.15, 0.2) is 0 Å².